The minimum atomic E-state index is -0.600. The summed E-state index contributed by atoms with van der Waals surface area (Å²) >= 11 is 7.44. The number of amides is 1. The summed E-state index contributed by atoms with van der Waals surface area (Å²) < 4.78 is 0. The highest BCUT2D eigenvalue weighted by Crippen LogP contribution is 2.24. The Hall–Kier alpha value is -1.27. The molecule has 1 aromatic rings. The molecule has 1 amide bonds. The third-order valence-corrected chi connectivity index (χ3v) is 3.48. The lowest BCUT2D eigenvalue weighted by atomic mass is 10.2. The zero-order chi connectivity index (χ0) is 14.3. The maximum absolute atomic E-state index is 11.8. The van der Waals surface area contributed by atoms with Crippen LogP contribution < -0.4 is 5.32 Å². The first-order chi connectivity index (χ1) is 9.06. The number of rotatable bonds is 7. The molecule has 1 N–H and O–H groups in total. The van der Waals surface area contributed by atoms with Crippen molar-refractivity contribution in [1.82, 2.24) is 5.32 Å². The van der Waals surface area contributed by atoms with Gasteiger partial charge in [-0.05, 0) is 37.0 Å². The molecule has 0 aliphatic heterocycles. The van der Waals surface area contributed by atoms with Gasteiger partial charge < -0.3 is 5.32 Å². The lowest BCUT2D eigenvalue weighted by Gasteiger charge is -2.05. The molecule has 1 aromatic carbocycles. The lowest BCUT2D eigenvalue weighted by Crippen LogP contribution is -2.24. The molecular formula is C12H15ClN2O3S. The maximum Gasteiger partial charge on any atom is 0.288 e. The zero-order valence-electron chi connectivity index (χ0n) is 10.5. The summed E-state index contributed by atoms with van der Waals surface area (Å²) in [5, 5.41) is 13.5. The van der Waals surface area contributed by atoms with Gasteiger partial charge in [0, 0.05) is 18.2 Å². The van der Waals surface area contributed by atoms with Crippen LogP contribution in [0.25, 0.3) is 0 Å². The number of halogens is 1. The molecule has 104 valence electrons. The Labute approximate surface area is 120 Å². The number of unbranched alkanes of at least 4 members (excludes halogenated alkanes) is 1. The maximum atomic E-state index is 11.8. The highest BCUT2D eigenvalue weighted by molar-refractivity contribution is 7.98. The monoisotopic (exact) mass is 302 g/mol. The molecule has 0 saturated heterocycles. The number of hydrogen-bond donors (Lipinski definition) is 1. The van der Waals surface area contributed by atoms with E-state index in [1.165, 1.54) is 18.2 Å². The molecule has 0 atom stereocenters. The highest BCUT2D eigenvalue weighted by Gasteiger charge is 2.15. The first kappa shape index (κ1) is 15.8. The van der Waals surface area contributed by atoms with Gasteiger partial charge in [0.25, 0.3) is 11.6 Å². The quantitative estimate of drug-likeness (QED) is 0.477. The largest absolute Gasteiger partial charge is 0.352 e. The Morgan fingerprint density at radius 1 is 1.47 bits per heavy atom. The topological polar surface area (TPSA) is 72.2 Å². The van der Waals surface area contributed by atoms with E-state index in [2.05, 4.69) is 5.32 Å². The van der Waals surface area contributed by atoms with Crippen LogP contribution >= 0.6 is 23.4 Å². The molecular weight excluding hydrogens is 288 g/mol. The van der Waals surface area contributed by atoms with Crippen molar-refractivity contribution in [2.75, 3.05) is 18.6 Å². The van der Waals surface area contributed by atoms with Gasteiger partial charge in [0.05, 0.1) is 4.92 Å². The summed E-state index contributed by atoms with van der Waals surface area (Å²) in [6.45, 7) is 0.565. The van der Waals surface area contributed by atoms with Crippen molar-refractivity contribution < 1.29 is 9.72 Å². The average molecular weight is 303 g/mol. The van der Waals surface area contributed by atoms with Gasteiger partial charge in [-0.2, -0.15) is 11.8 Å². The molecule has 0 aliphatic rings. The minimum Gasteiger partial charge on any atom is -0.352 e. The molecule has 7 heteroatoms. The van der Waals surface area contributed by atoms with E-state index in [1.54, 1.807) is 11.8 Å². The van der Waals surface area contributed by atoms with E-state index in [-0.39, 0.29) is 22.2 Å². The van der Waals surface area contributed by atoms with E-state index in [1.807, 2.05) is 6.26 Å². The van der Waals surface area contributed by atoms with Crippen LogP contribution in [0.2, 0.25) is 5.02 Å². The zero-order valence-corrected chi connectivity index (χ0v) is 12.1. The van der Waals surface area contributed by atoms with Gasteiger partial charge in [-0.3, -0.25) is 14.9 Å². The van der Waals surface area contributed by atoms with E-state index >= 15 is 0 Å². The number of carbonyl (C=O) groups excluding carboxylic acids is 1. The van der Waals surface area contributed by atoms with Gasteiger partial charge in [0.1, 0.15) is 5.02 Å². The number of nitrogens with zero attached hydrogens (tertiary/aromatic N) is 1. The summed E-state index contributed by atoms with van der Waals surface area (Å²) in [5.41, 5.74) is -0.00216. The molecule has 1 rings (SSSR count). The van der Waals surface area contributed by atoms with Gasteiger partial charge in [0.2, 0.25) is 0 Å². The van der Waals surface area contributed by atoms with Crippen LogP contribution in [-0.4, -0.2) is 29.4 Å². The second kappa shape index (κ2) is 8.01. The molecule has 0 radical (unpaired) electrons. The fraction of sp³-hybridized carbons (Fsp3) is 0.417. The van der Waals surface area contributed by atoms with Gasteiger partial charge in [-0.15, -0.1) is 0 Å². The van der Waals surface area contributed by atoms with Gasteiger partial charge in [-0.25, -0.2) is 0 Å². The summed E-state index contributed by atoms with van der Waals surface area (Å²) in [7, 11) is 0. The van der Waals surface area contributed by atoms with E-state index < -0.39 is 4.92 Å². The van der Waals surface area contributed by atoms with Crippen molar-refractivity contribution in [2.45, 2.75) is 12.8 Å². The molecule has 0 unspecified atom stereocenters. The third kappa shape index (κ3) is 5.08. The molecule has 0 saturated carbocycles. The molecule has 0 bridgehead atoms. The summed E-state index contributed by atoms with van der Waals surface area (Å²) in [6.07, 6.45) is 3.95. The number of nitro groups is 1. The van der Waals surface area contributed by atoms with Gasteiger partial charge >= 0.3 is 0 Å². The van der Waals surface area contributed by atoms with Crippen molar-refractivity contribution in [1.29, 1.82) is 0 Å². The number of nitro benzene ring substituents is 1. The van der Waals surface area contributed by atoms with E-state index in [0.29, 0.717) is 6.54 Å². The lowest BCUT2D eigenvalue weighted by molar-refractivity contribution is -0.384. The molecule has 0 fully saturated rings. The second-order valence-corrected chi connectivity index (χ2v) is 5.27. The van der Waals surface area contributed by atoms with Crippen molar-refractivity contribution in [3.63, 3.8) is 0 Å². The van der Waals surface area contributed by atoms with E-state index in [0.717, 1.165) is 18.6 Å². The van der Waals surface area contributed by atoms with Crippen LogP contribution in [0, 0.1) is 10.1 Å². The molecule has 5 nitrogen and oxygen atoms in total. The summed E-state index contributed by atoms with van der Waals surface area (Å²) in [5.74, 6) is 0.742. The van der Waals surface area contributed by atoms with Crippen LogP contribution in [0.4, 0.5) is 5.69 Å². The van der Waals surface area contributed by atoms with Crippen LogP contribution in [0.3, 0.4) is 0 Å². The minimum absolute atomic E-state index is 0.0292. The Morgan fingerprint density at radius 3 is 2.84 bits per heavy atom. The van der Waals surface area contributed by atoms with Crippen molar-refractivity contribution in [3.05, 3.63) is 38.9 Å². The highest BCUT2D eigenvalue weighted by atomic mass is 35.5. The van der Waals surface area contributed by atoms with Crippen molar-refractivity contribution in [3.8, 4) is 0 Å². The Balaban J connectivity index is 2.57. The van der Waals surface area contributed by atoms with Crippen LogP contribution in [-0.2, 0) is 0 Å². The summed E-state index contributed by atoms with van der Waals surface area (Å²) in [4.78, 5) is 21.9. The molecule has 19 heavy (non-hydrogen) atoms. The smallest absolute Gasteiger partial charge is 0.288 e. The molecule has 0 heterocycles. The predicted molar refractivity (Wildman–Crippen MR) is 78.1 cm³/mol. The van der Waals surface area contributed by atoms with Crippen LogP contribution in [0.5, 0.6) is 0 Å². The van der Waals surface area contributed by atoms with E-state index in [9.17, 15) is 14.9 Å². The van der Waals surface area contributed by atoms with Gasteiger partial charge in [0.15, 0.2) is 0 Å². The number of hydrogen-bond acceptors (Lipinski definition) is 4. The van der Waals surface area contributed by atoms with Crippen molar-refractivity contribution >= 4 is 35.0 Å². The number of nitrogens with one attached hydrogen (secondary N) is 1. The number of thioether (sulfide) groups is 1. The third-order valence-electron chi connectivity index (χ3n) is 2.47. The normalized spacial score (nSPS) is 10.2. The van der Waals surface area contributed by atoms with E-state index in [4.69, 9.17) is 11.6 Å². The van der Waals surface area contributed by atoms with Gasteiger partial charge in [-0.1, -0.05) is 11.6 Å². The van der Waals surface area contributed by atoms with Crippen molar-refractivity contribution in [2.24, 2.45) is 0 Å². The van der Waals surface area contributed by atoms with Crippen LogP contribution in [0.15, 0.2) is 18.2 Å². The Kier molecular flexibility index (Phi) is 6.66. The first-order valence-electron chi connectivity index (χ1n) is 5.77. The SMILES string of the molecule is CSCCCCNC(=O)c1ccc(Cl)c([N+](=O)[O-])c1. The average Bonchev–Trinajstić information content (AvgIpc) is 2.38. The number of carbonyl (C=O) groups is 1. The fourth-order valence-corrected chi connectivity index (χ4v) is 2.15. The standard InChI is InChI=1S/C12H15ClN2O3S/c1-19-7-3-2-6-14-12(16)9-4-5-10(13)11(8-9)15(17)18/h4-5,8H,2-3,6-7H2,1H3,(H,14,16). The predicted octanol–water partition coefficient (Wildman–Crippen LogP) is 3.12. The Morgan fingerprint density at radius 2 is 2.21 bits per heavy atom. The van der Waals surface area contributed by atoms with Crippen LogP contribution in [0.1, 0.15) is 23.2 Å². The molecule has 0 spiro atoms. The second-order valence-electron chi connectivity index (χ2n) is 3.88. The fourth-order valence-electron chi connectivity index (χ4n) is 1.47. The number of benzene rings is 1. The Bertz CT molecular complexity index is 468. The summed E-state index contributed by atoms with van der Waals surface area (Å²) in [6, 6.07) is 4.04. The first-order valence-corrected chi connectivity index (χ1v) is 7.54. The molecule has 0 aromatic heterocycles. The molecule has 0 aliphatic carbocycles.